The number of carbonyl (C=O) groups is 1. The molecule has 2 N–H and O–H groups in total. The quantitative estimate of drug-likeness (QED) is 0.589. The Balaban J connectivity index is 2.83. The zero-order chi connectivity index (χ0) is 10.6. The standard InChI is InChI=1S/C10H12FNO2/c1-2-14-6-10(13)8-5-7(11)3-4-9(8)12/h3-5H,2,6,12H2,1H3. The molecule has 0 saturated carbocycles. The Morgan fingerprint density at radius 3 is 2.93 bits per heavy atom. The minimum atomic E-state index is -0.473. The van der Waals surface area contributed by atoms with E-state index in [9.17, 15) is 9.18 Å². The van der Waals surface area contributed by atoms with Gasteiger partial charge in [0.15, 0.2) is 5.78 Å². The lowest BCUT2D eigenvalue weighted by atomic mass is 10.1. The fraction of sp³-hybridized carbons (Fsp3) is 0.300. The third-order valence-corrected chi connectivity index (χ3v) is 1.75. The second-order valence-corrected chi connectivity index (χ2v) is 2.79. The van der Waals surface area contributed by atoms with Gasteiger partial charge in [0.05, 0.1) is 0 Å². The normalized spacial score (nSPS) is 10.1. The Hall–Kier alpha value is -1.42. The van der Waals surface area contributed by atoms with Crippen molar-refractivity contribution in [3.05, 3.63) is 29.6 Å². The van der Waals surface area contributed by atoms with Crippen molar-refractivity contribution in [2.45, 2.75) is 6.92 Å². The summed E-state index contributed by atoms with van der Waals surface area (Å²) in [5.41, 5.74) is 5.97. The van der Waals surface area contributed by atoms with Gasteiger partial charge in [-0.1, -0.05) is 0 Å². The maximum atomic E-state index is 12.8. The van der Waals surface area contributed by atoms with Gasteiger partial charge >= 0.3 is 0 Å². The SMILES string of the molecule is CCOCC(=O)c1cc(F)ccc1N. The molecule has 3 nitrogen and oxygen atoms in total. The largest absolute Gasteiger partial charge is 0.398 e. The first kappa shape index (κ1) is 10.7. The van der Waals surface area contributed by atoms with Crippen molar-refractivity contribution in [3.63, 3.8) is 0 Å². The van der Waals surface area contributed by atoms with Crippen LogP contribution in [0.25, 0.3) is 0 Å². The fourth-order valence-corrected chi connectivity index (χ4v) is 1.04. The maximum Gasteiger partial charge on any atom is 0.190 e. The average molecular weight is 197 g/mol. The molecule has 0 fully saturated rings. The second-order valence-electron chi connectivity index (χ2n) is 2.79. The van der Waals surface area contributed by atoms with Crippen molar-refractivity contribution in [2.24, 2.45) is 0 Å². The molecule has 0 amide bonds. The Kier molecular flexibility index (Phi) is 3.59. The van der Waals surface area contributed by atoms with Crippen LogP contribution in [0.5, 0.6) is 0 Å². The van der Waals surface area contributed by atoms with Crippen molar-refractivity contribution in [1.29, 1.82) is 0 Å². The van der Waals surface area contributed by atoms with Gasteiger partial charge in [0, 0.05) is 17.9 Å². The molecule has 0 heterocycles. The van der Waals surface area contributed by atoms with Crippen molar-refractivity contribution < 1.29 is 13.9 Å². The van der Waals surface area contributed by atoms with E-state index in [1.165, 1.54) is 12.1 Å². The summed E-state index contributed by atoms with van der Waals surface area (Å²) in [5.74, 6) is -0.775. The first-order chi connectivity index (χ1) is 6.65. The van der Waals surface area contributed by atoms with Crippen LogP contribution in [0.2, 0.25) is 0 Å². The average Bonchev–Trinajstić information content (AvgIpc) is 2.18. The van der Waals surface area contributed by atoms with E-state index in [0.717, 1.165) is 6.07 Å². The molecule has 0 radical (unpaired) electrons. The van der Waals surface area contributed by atoms with Crippen LogP contribution in [-0.2, 0) is 4.74 Å². The molecular formula is C10H12FNO2. The predicted molar refractivity (Wildman–Crippen MR) is 51.6 cm³/mol. The minimum absolute atomic E-state index is 0.0653. The summed E-state index contributed by atoms with van der Waals surface area (Å²) in [6, 6.07) is 3.71. The highest BCUT2D eigenvalue weighted by molar-refractivity contribution is 6.01. The molecule has 1 aromatic carbocycles. The van der Waals surface area contributed by atoms with Gasteiger partial charge in [-0.25, -0.2) is 4.39 Å². The molecule has 0 bridgehead atoms. The van der Waals surface area contributed by atoms with Crippen molar-refractivity contribution >= 4 is 11.5 Å². The molecule has 0 atom stereocenters. The number of hydrogen-bond donors (Lipinski definition) is 1. The molecule has 0 unspecified atom stereocenters. The number of ketones is 1. The molecule has 76 valence electrons. The smallest absolute Gasteiger partial charge is 0.190 e. The number of ether oxygens (including phenoxy) is 1. The summed E-state index contributed by atoms with van der Waals surface area (Å²) in [6.07, 6.45) is 0. The lowest BCUT2D eigenvalue weighted by molar-refractivity contribution is 0.0784. The number of carbonyl (C=O) groups excluding carboxylic acids is 1. The van der Waals surface area contributed by atoms with E-state index in [4.69, 9.17) is 10.5 Å². The van der Waals surface area contributed by atoms with Gasteiger partial charge in [0.1, 0.15) is 12.4 Å². The van der Waals surface area contributed by atoms with Crippen LogP contribution in [0, 0.1) is 5.82 Å². The van der Waals surface area contributed by atoms with Crippen LogP contribution in [0.1, 0.15) is 17.3 Å². The minimum Gasteiger partial charge on any atom is -0.398 e. The molecule has 14 heavy (non-hydrogen) atoms. The number of Topliss-reactive ketones (excluding diaryl/α,β-unsaturated/α-hetero) is 1. The van der Waals surface area contributed by atoms with Gasteiger partial charge < -0.3 is 10.5 Å². The summed E-state index contributed by atoms with van der Waals surface area (Å²) in [5, 5.41) is 0. The predicted octanol–water partition coefficient (Wildman–Crippen LogP) is 1.63. The van der Waals surface area contributed by atoms with Crippen molar-refractivity contribution in [2.75, 3.05) is 18.9 Å². The van der Waals surface area contributed by atoms with E-state index < -0.39 is 5.82 Å². The van der Waals surface area contributed by atoms with Gasteiger partial charge in [0.2, 0.25) is 0 Å². The van der Waals surface area contributed by atoms with Gasteiger partial charge in [-0.05, 0) is 25.1 Å². The lowest BCUT2D eigenvalue weighted by Crippen LogP contribution is -2.11. The number of anilines is 1. The molecule has 0 aliphatic carbocycles. The van der Waals surface area contributed by atoms with Gasteiger partial charge in [-0.15, -0.1) is 0 Å². The molecule has 0 saturated heterocycles. The van der Waals surface area contributed by atoms with E-state index in [2.05, 4.69) is 0 Å². The van der Waals surface area contributed by atoms with Crippen LogP contribution < -0.4 is 5.73 Å². The Labute approximate surface area is 81.7 Å². The third kappa shape index (κ3) is 2.53. The Morgan fingerprint density at radius 2 is 2.29 bits per heavy atom. The summed E-state index contributed by atoms with van der Waals surface area (Å²) in [7, 11) is 0. The van der Waals surface area contributed by atoms with E-state index in [1.807, 2.05) is 0 Å². The number of nitrogens with two attached hydrogens (primary N) is 1. The van der Waals surface area contributed by atoms with Crippen LogP contribution in [0.3, 0.4) is 0 Å². The maximum absolute atomic E-state index is 12.8. The zero-order valence-electron chi connectivity index (χ0n) is 7.92. The van der Waals surface area contributed by atoms with E-state index in [1.54, 1.807) is 6.92 Å². The van der Waals surface area contributed by atoms with Crippen LogP contribution in [-0.4, -0.2) is 19.0 Å². The lowest BCUT2D eigenvalue weighted by Gasteiger charge is -2.04. The topological polar surface area (TPSA) is 52.3 Å². The molecular weight excluding hydrogens is 185 g/mol. The summed E-state index contributed by atoms with van der Waals surface area (Å²) >= 11 is 0. The highest BCUT2D eigenvalue weighted by Gasteiger charge is 2.10. The van der Waals surface area contributed by atoms with Crippen LogP contribution in [0.4, 0.5) is 10.1 Å². The fourth-order valence-electron chi connectivity index (χ4n) is 1.04. The number of nitrogen functional groups attached to an aromatic ring is 1. The number of benzene rings is 1. The number of halogens is 1. The van der Waals surface area contributed by atoms with Crippen molar-refractivity contribution in [1.82, 2.24) is 0 Å². The monoisotopic (exact) mass is 197 g/mol. The first-order valence-electron chi connectivity index (χ1n) is 4.31. The highest BCUT2D eigenvalue weighted by Crippen LogP contribution is 2.13. The molecule has 0 aliphatic rings. The molecule has 0 aliphatic heterocycles. The molecule has 1 rings (SSSR count). The van der Waals surface area contributed by atoms with Crippen LogP contribution >= 0.6 is 0 Å². The summed E-state index contributed by atoms with van der Waals surface area (Å²) < 4.78 is 17.7. The number of hydrogen-bond acceptors (Lipinski definition) is 3. The van der Waals surface area contributed by atoms with E-state index in [0.29, 0.717) is 6.61 Å². The van der Waals surface area contributed by atoms with Crippen LogP contribution in [0.15, 0.2) is 18.2 Å². The molecule has 0 spiro atoms. The number of rotatable bonds is 4. The van der Waals surface area contributed by atoms with Gasteiger partial charge in [0.25, 0.3) is 0 Å². The zero-order valence-corrected chi connectivity index (χ0v) is 7.92. The van der Waals surface area contributed by atoms with E-state index >= 15 is 0 Å². The van der Waals surface area contributed by atoms with Gasteiger partial charge in [-0.3, -0.25) is 4.79 Å². The van der Waals surface area contributed by atoms with Gasteiger partial charge in [-0.2, -0.15) is 0 Å². The molecule has 0 aromatic heterocycles. The van der Waals surface area contributed by atoms with Crippen molar-refractivity contribution in [3.8, 4) is 0 Å². The third-order valence-electron chi connectivity index (χ3n) is 1.75. The first-order valence-corrected chi connectivity index (χ1v) is 4.31. The molecule has 1 aromatic rings. The highest BCUT2D eigenvalue weighted by atomic mass is 19.1. The Bertz CT molecular complexity index is 339. The summed E-state index contributed by atoms with van der Waals surface area (Å²) in [4.78, 5) is 11.4. The molecule has 4 heteroatoms. The summed E-state index contributed by atoms with van der Waals surface area (Å²) in [6.45, 7) is 2.16. The van der Waals surface area contributed by atoms with E-state index in [-0.39, 0.29) is 23.6 Å². The Morgan fingerprint density at radius 1 is 1.57 bits per heavy atom. The second kappa shape index (κ2) is 4.72.